The van der Waals surface area contributed by atoms with Gasteiger partial charge >= 0.3 is 0 Å². The Labute approximate surface area is 149 Å². The summed E-state index contributed by atoms with van der Waals surface area (Å²) in [6, 6.07) is 10.00. The molecule has 0 aliphatic heterocycles. The minimum Gasteiger partial charge on any atom is -0.306 e. The number of rotatable bonds is 2. The topological polar surface area (TPSA) is 58.6 Å². The van der Waals surface area contributed by atoms with Crippen LogP contribution in [0.5, 0.6) is 0 Å². The number of aromatic nitrogens is 3. The summed E-state index contributed by atoms with van der Waals surface area (Å²) in [5.74, 6) is 0.577. The van der Waals surface area contributed by atoms with E-state index < -0.39 is 0 Å². The number of pyridine rings is 1. The lowest BCUT2D eigenvalue weighted by Gasteiger charge is -2.06. The van der Waals surface area contributed by atoms with Crippen LogP contribution in [0.15, 0.2) is 47.5 Å². The van der Waals surface area contributed by atoms with E-state index in [0.29, 0.717) is 11.2 Å². The molecule has 0 spiro atoms. The van der Waals surface area contributed by atoms with Crippen LogP contribution in [0.25, 0.3) is 32.7 Å². The lowest BCUT2D eigenvalue weighted by molar-refractivity contribution is 1.18. The van der Waals surface area contributed by atoms with E-state index in [2.05, 4.69) is 47.0 Å². The van der Waals surface area contributed by atoms with Gasteiger partial charge in [-0.3, -0.25) is 9.78 Å². The molecule has 0 atom stereocenters. The van der Waals surface area contributed by atoms with Crippen molar-refractivity contribution in [3.05, 3.63) is 69.1 Å². The van der Waals surface area contributed by atoms with Crippen molar-refractivity contribution in [2.45, 2.75) is 20.8 Å². The number of aromatic amines is 1. The van der Waals surface area contributed by atoms with E-state index in [0.717, 1.165) is 26.4 Å². The monoisotopic (exact) mass is 347 g/mol. The summed E-state index contributed by atoms with van der Waals surface area (Å²) >= 11 is 1.56. The van der Waals surface area contributed by atoms with E-state index in [9.17, 15) is 4.79 Å². The van der Waals surface area contributed by atoms with Gasteiger partial charge in [-0.1, -0.05) is 18.2 Å². The van der Waals surface area contributed by atoms with Crippen LogP contribution in [0.1, 0.15) is 16.0 Å². The van der Waals surface area contributed by atoms with Gasteiger partial charge in [-0.25, -0.2) is 4.98 Å². The first-order chi connectivity index (χ1) is 12.0. The van der Waals surface area contributed by atoms with Crippen molar-refractivity contribution in [2.75, 3.05) is 0 Å². The van der Waals surface area contributed by atoms with Crippen molar-refractivity contribution in [1.29, 1.82) is 0 Å². The lowest BCUT2D eigenvalue weighted by atomic mass is 9.99. The van der Waals surface area contributed by atoms with Gasteiger partial charge in [0.05, 0.1) is 5.39 Å². The summed E-state index contributed by atoms with van der Waals surface area (Å²) in [6.45, 7) is 6.22. The summed E-state index contributed by atoms with van der Waals surface area (Å²) in [7, 11) is 0. The second-order valence-corrected chi connectivity index (χ2v) is 7.37. The molecule has 4 aromatic rings. The van der Waals surface area contributed by atoms with Crippen LogP contribution in [0.2, 0.25) is 0 Å². The Morgan fingerprint density at radius 1 is 0.960 bits per heavy atom. The number of nitrogens with one attached hydrogen (secondary N) is 1. The second-order valence-electron chi connectivity index (χ2n) is 6.16. The van der Waals surface area contributed by atoms with Gasteiger partial charge in [0, 0.05) is 28.4 Å². The molecule has 4 rings (SSSR count). The average molecular weight is 347 g/mol. The van der Waals surface area contributed by atoms with Gasteiger partial charge in [-0.15, -0.1) is 11.3 Å². The average Bonchev–Trinajstić information content (AvgIpc) is 2.94. The summed E-state index contributed by atoms with van der Waals surface area (Å²) in [6.07, 6.45) is 3.39. The molecule has 0 aliphatic rings. The summed E-state index contributed by atoms with van der Waals surface area (Å²) in [5, 5.41) is 0.670. The van der Waals surface area contributed by atoms with Crippen LogP contribution in [0.4, 0.5) is 0 Å². The van der Waals surface area contributed by atoms with Gasteiger partial charge in [0.15, 0.2) is 0 Å². The van der Waals surface area contributed by atoms with Gasteiger partial charge < -0.3 is 4.98 Å². The molecule has 5 heteroatoms. The zero-order valence-corrected chi connectivity index (χ0v) is 15.1. The maximum Gasteiger partial charge on any atom is 0.260 e. The highest BCUT2D eigenvalue weighted by molar-refractivity contribution is 7.19. The molecule has 0 radical (unpaired) electrons. The van der Waals surface area contributed by atoms with E-state index >= 15 is 0 Å². The number of hydrogen-bond acceptors (Lipinski definition) is 4. The Morgan fingerprint density at radius 3 is 2.44 bits per heavy atom. The highest BCUT2D eigenvalue weighted by Gasteiger charge is 2.17. The molecule has 4 nitrogen and oxygen atoms in total. The molecule has 0 aliphatic carbocycles. The molecular weight excluding hydrogens is 330 g/mol. The molecule has 124 valence electrons. The summed E-state index contributed by atoms with van der Waals surface area (Å²) < 4.78 is 0. The van der Waals surface area contributed by atoms with E-state index in [1.807, 2.05) is 19.1 Å². The minimum atomic E-state index is -0.102. The van der Waals surface area contributed by atoms with E-state index in [4.69, 9.17) is 0 Å². The Kier molecular flexibility index (Phi) is 3.73. The SMILES string of the molecule is Cc1ccc(-c2c(C)sc3nc(-c4ccncc4)[nH]c(=O)c23)cc1C. The maximum absolute atomic E-state index is 12.8. The normalized spacial score (nSPS) is 11.2. The molecule has 0 saturated heterocycles. The van der Waals surface area contributed by atoms with Gasteiger partial charge in [0.2, 0.25) is 0 Å². The largest absolute Gasteiger partial charge is 0.306 e. The highest BCUT2D eigenvalue weighted by atomic mass is 32.1. The number of H-pyrrole nitrogens is 1. The van der Waals surface area contributed by atoms with Crippen molar-refractivity contribution in [2.24, 2.45) is 0 Å². The molecule has 1 aromatic carbocycles. The van der Waals surface area contributed by atoms with Gasteiger partial charge in [-0.05, 0) is 49.6 Å². The molecule has 3 aromatic heterocycles. The second kappa shape index (κ2) is 5.93. The fourth-order valence-corrected chi connectivity index (χ4v) is 4.06. The lowest BCUT2D eigenvalue weighted by Crippen LogP contribution is -2.09. The van der Waals surface area contributed by atoms with Crippen LogP contribution in [-0.4, -0.2) is 15.0 Å². The highest BCUT2D eigenvalue weighted by Crippen LogP contribution is 2.36. The van der Waals surface area contributed by atoms with Crippen molar-refractivity contribution >= 4 is 21.6 Å². The number of fused-ring (bicyclic) bond motifs is 1. The fourth-order valence-electron chi connectivity index (χ4n) is 3.01. The fraction of sp³-hybridized carbons (Fsp3) is 0.150. The summed E-state index contributed by atoms with van der Waals surface area (Å²) in [4.78, 5) is 26.3. The Bertz CT molecular complexity index is 1140. The quantitative estimate of drug-likeness (QED) is 0.575. The number of nitrogens with zero attached hydrogens (tertiary/aromatic N) is 2. The Hall–Kier alpha value is -2.79. The molecule has 0 saturated carbocycles. The van der Waals surface area contributed by atoms with Crippen molar-refractivity contribution in [1.82, 2.24) is 15.0 Å². The Balaban J connectivity index is 1.97. The molecule has 0 fully saturated rings. The minimum absolute atomic E-state index is 0.102. The van der Waals surface area contributed by atoms with Crippen LogP contribution in [0, 0.1) is 20.8 Å². The molecule has 0 amide bonds. The predicted molar refractivity (Wildman–Crippen MR) is 103 cm³/mol. The van der Waals surface area contributed by atoms with Gasteiger partial charge in [0.25, 0.3) is 5.56 Å². The van der Waals surface area contributed by atoms with Crippen molar-refractivity contribution < 1.29 is 0 Å². The van der Waals surface area contributed by atoms with E-state index in [-0.39, 0.29) is 5.56 Å². The first-order valence-electron chi connectivity index (χ1n) is 8.06. The predicted octanol–water partition coefficient (Wildman–Crippen LogP) is 4.64. The summed E-state index contributed by atoms with van der Waals surface area (Å²) in [5.41, 5.74) is 5.26. The number of benzene rings is 1. The standard InChI is InChI=1S/C20H17N3OS/c1-11-4-5-15(10-12(11)2)16-13(3)25-20-17(16)19(24)22-18(23-20)14-6-8-21-9-7-14/h4-10H,1-3H3,(H,22,23,24). The van der Waals surface area contributed by atoms with Crippen LogP contribution in [0.3, 0.4) is 0 Å². The molecular formula is C20H17N3OS. The van der Waals surface area contributed by atoms with Gasteiger partial charge in [-0.2, -0.15) is 0 Å². The molecule has 3 heterocycles. The third-order valence-electron chi connectivity index (χ3n) is 4.49. The smallest absolute Gasteiger partial charge is 0.260 e. The first kappa shape index (κ1) is 15.7. The third kappa shape index (κ3) is 2.66. The van der Waals surface area contributed by atoms with E-state index in [1.165, 1.54) is 11.1 Å². The van der Waals surface area contributed by atoms with Crippen molar-refractivity contribution in [3.63, 3.8) is 0 Å². The van der Waals surface area contributed by atoms with Crippen LogP contribution >= 0.6 is 11.3 Å². The van der Waals surface area contributed by atoms with Crippen LogP contribution in [-0.2, 0) is 0 Å². The maximum atomic E-state index is 12.8. The molecule has 0 bridgehead atoms. The molecule has 1 N–H and O–H groups in total. The first-order valence-corrected chi connectivity index (χ1v) is 8.87. The molecule has 25 heavy (non-hydrogen) atoms. The van der Waals surface area contributed by atoms with Gasteiger partial charge in [0.1, 0.15) is 10.7 Å². The number of thiophene rings is 1. The zero-order chi connectivity index (χ0) is 17.6. The number of hydrogen-bond donors (Lipinski definition) is 1. The van der Waals surface area contributed by atoms with Crippen molar-refractivity contribution in [3.8, 4) is 22.5 Å². The zero-order valence-electron chi connectivity index (χ0n) is 14.3. The number of aryl methyl sites for hydroxylation is 3. The van der Waals surface area contributed by atoms with Crippen LogP contribution < -0.4 is 5.56 Å². The third-order valence-corrected chi connectivity index (χ3v) is 5.49. The van der Waals surface area contributed by atoms with E-state index in [1.54, 1.807) is 23.7 Å². The molecule has 0 unspecified atom stereocenters. The Morgan fingerprint density at radius 2 is 1.72 bits per heavy atom.